The fourth-order valence-corrected chi connectivity index (χ4v) is 2.70. The number of nitrogens with zero attached hydrogens (tertiary/aromatic N) is 1. The van der Waals surface area contributed by atoms with Crippen molar-refractivity contribution >= 4 is 11.9 Å². The van der Waals surface area contributed by atoms with Crippen LogP contribution in [0, 0.1) is 0 Å². The molecule has 0 radical (unpaired) electrons. The fourth-order valence-electron chi connectivity index (χ4n) is 2.70. The number of β-amino-alcohol motifs (C(OH)–C–C–N with tert-alkyl or cyclic N) is 1. The van der Waals surface area contributed by atoms with E-state index in [0.717, 1.165) is 6.42 Å². The minimum absolute atomic E-state index is 0.249. The van der Waals surface area contributed by atoms with E-state index < -0.39 is 17.7 Å². The molecular formula is C15H21N3O3. The van der Waals surface area contributed by atoms with Crippen molar-refractivity contribution in [2.45, 2.75) is 31.4 Å². The van der Waals surface area contributed by atoms with Crippen LogP contribution in [-0.2, 0) is 4.79 Å². The SMILES string of the molecule is CCCC1(O)CN(C(=O)C(NC(N)=O)c2ccccc2)C1. The maximum absolute atomic E-state index is 12.5. The van der Waals surface area contributed by atoms with Crippen molar-refractivity contribution in [1.29, 1.82) is 0 Å². The van der Waals surface area contributed by atoms with Gasteiger partial charge in [0.2, 0.25) is 5.91 Å². The molecule has 0 aromatic heterocycles. The van der Waals surface area contributed by atoms with E-state index in [0.29, 0.717) is 25.1 Å². The van der Waals surface area contributed by atoms with Gasteiger partial charge in [-0.3, -0.25) is 4.79 Å². The molecule has 1 saturated heterocycles. The van der Waals surface area contributed by atoms with E-state index >= 15 is 0 Å². The summed E-state index contributed by atoms with van der Waals surface area (Å²) in [6.45, 7) is 2.58. The summed E-state index contributed by atoms with van der Waals surface area (Å²) in [6.07, 6.45) is 1.52. The number of aliphatic hydroxyl groups is 1. The summed E-state index contributed by atoms with van der Waals surface area (Å²) in [5.41, 5.74) is 5.04. The number of rotatable bonds is 5. The molecule has 1 unspecified atom stereocenters. The topological polar surface area (TPSA) is 95.7 Å². The highest BCUT2D eigenvalue weighted by atomic mass is 16.3. The first-order chi connectivity index (χ1) is 9.95. The highest BCUT2D eigenvalue weighted by molar-refractivity contribution is 5.88. The van der Waals surface area contributed by atoms with Gasteiger partial charge >= 0.3 is 6.03 Å². The molecule has 6 nitrogen and oxygen atoms in total. The third kappa shape index (κ3) is 3.52. The van der Waals surface area contributed by atoms with Crippen molar-refractivity contribution in [3.63, 3.8) is 0 Å². The lowest BCUT2D eigenvalue weighted by molar-refractivity contribution is -0.158. The van der Waals surface area contributed by atoms with Gasteiger partial charge in [-0.2, -0.15) is 0 Å². The number of primary amides is 1. The van der Waals surface area contributed by atoms with E-state index in [1.165, 1.54) is 0 Å². The molecule has 21 heavy (non-hydrogen) atoms. The number of urea groups is 1. The van der Waals surface area contributed by atoms with E-state index in [2.05, 4.69) is 5.32 Å². The van der Waals surface area contributed by atoms with Gasteiger partial charge in [0.25, 0.3) is 0 Å². The van der Waals surface area contributed by atoms with Crippen LogP contribution < -0.4 is 11.1 Å². The van der Waals surface area contributed by atoms with Gasteiger partial charge in [-0.1, -0.05) is 43.7 Å². The zero-order valence-electron chi connectivity index (χ0n) is 12.1. The highest BCUT2D eigenvalue weighted by Crippen LogP contribution is 2.28. The predicted molar refractivity (Wildman–Crippen MR) is 78.3 cm³/mol. The Bertz CT molecular complexity index is 512. The normalized spacial score (nSPS) is 17.7. The van der Waals surface area contributed by atoms with E-state index in [1.54, 1.807) is 29.2 Å². The Labute approximate surface area is 123 Å². The number of carbonyl (C=O) groups is 2. The minimum Gasteiger partial charge on any atom is -0.386 e. The number of nitrogens with two attached hydrogens (primary N) is 1. The quantitative estimate of drug-likeness (QED) is 0.747. The molecule has 0 spiro atoms. The summed E-state index contributed by atoms with van der Waals surface area (Å²) in [5, 5.41) is 12.6. The van der Waals surface area contributed by atoms with Crippen LogP contribution in [0.15, 0.2) is 30.3 Å². The van der Waals surface area contributed by atoms with E-state index in [-0.39, 0.29) is 5.91 Å². The minimum atomic E-state index is -0.810. The summed E-state index contributed by atoms with van der Waals surface area (Å²) in [7, 11) is 0. The van der Waals surface area contributed by atoms with Gasteiger partial charge in [0.1, 0.15) is 6.04 Å². The average molecular weight is 291 g/mol. The summed E-state index contributed by atoms with van der Waals surface area (Å²) >= 11 is 0. The monoisotopic (exact) mass is 291 g/mol. The number of nitrogens with one attached hydrogen (secondary N) is 1. The first-order valence-corrected chi connectivity index (χ1v) is 7.07. The Balaban J connectivity index is 2.08. The van der Waals surface area contributed by atoms with Gasteiger partial charge in [0, 0.05) is 0 Å². The second kappa shape index (κ2) is 6.13. The van der Waals surface area contributed by atoms with Gasteiger partial charge in [-0.15, -0.1) is 0 Å². The van der Waals surface area contributed by atoms with Gasteiger partial charge in [-0.05, 0) is 12.0 Å². The Morgan fingerprint density at radius 3 is 2.52 bits per heavy atom. The van der Waals surface area contributed by atoms with Crippen LogP contribution in [-0.4, -0.2) is 40.6 Å². The highest BCUT2D eigenvalue weighted by Gasteiger charge is 2.44. The number of amides is 3. The van der Waals surface area contributed by atoms with Gasteiger partial charge < -0.3 is 21.1 Å². The van der Waals surface area contributed by atoms with Crippen LogP contribution in [0.5, 0.6) is 0 Å². The third-order valence-electron chi connectivity index (χ3n) is 3.66. The summed E-state index contributed by atoms with van der Waals surface area (Å²) in [6, 6.07) is 7.38. The second-order valence-corrected chi connectivity index (χ2v) is 5.52. The lowest BCUT2D eigenvalue weighted by atomic mass is 9.88. The van der Waals surface area contributed by atoms with Crippen LogP contribution in [0.25, 0.3) is 0 Å². The predicted octanol–water partition coefficient (Wildman–Crippen LogP) is 0.769. The Kier molecular flexibility index (Phi) is 4.47. The molecule has 2 rings (SSSR count). The number of likely N-dealkylation sites (tertiary alicyclic amines) is 1. The van der Waals surface area contributed by atoms with Crippen LogP contribution in [0.4, 0.5) is 4.79 Å². The Morgan fingerprint density at radius 2 is 2.00 bits per heavy atom. The number of hydrogen-bond donors (Lipinski definition) is 3. The molecular weight excluding hydrogens is 270 g/mol. The molecule has 0 saturated carbocycles. The molecule has 4 N–H and O–H groups in total. The van der Waals surface area contributed by atoms with Gasteiger partial charge in [0.05, 0.1) is 18.7 Å². The van der Waals surface area contributed by atoms with Crippen molar-refractivity contribution < 1.29 is 14.7 Å². The Hall–Kier alpha value is -2.08. The zero-order chi connectivity index (χ0) is 15.5. The smallest absolute Gasteiger partial charge is 0.313 e. The molecule has 114 valence electrons. The van der Waals surface area contributed by atoms with Crippen LogP contribution in [0.3, 0.4) is 0 Å². The van der Waals surface area contributed by atoms with Crippen molar-refractivity contribution in [1.82, 2.24) is 10.2 Å². The van der Waals surface area contributed by atoms with Gasteiger partial charge in [0.15, 0.2) is 0 Å². The summed E-state index contributed by atoms with van der Waals surface area (Å²) < 4.78 is 0. The first kappa shape index (κ1) is 15.3. The van der Waals surface area contributed by atoms with Crippen LogP contribution in [0.2, 0.25) is 0 Å². The number of carbonyl (C=O) groups excluding carboxylic acids is 2. The molecule has 1 aliphatic heterocycles. The standard InChI is InChI=1S/C15H21N3O3/c1-2-8-15(21)9-18(10-15)13(19)12(17-14(16)20)11-6-4-3-5-7-11/h3-7,12,21H,2,8-10H2,1H3,(H3,16,17,20). The lowest BCUT2D eigenvalue weighted by Crippen LogP contribution is -2.65. The number of benzene rings is 1. The van der Waals surface area contributed by atoms with Gasteiger partial charge in [-0.25, -0.2) is 4.79 Å². The molecule has 1 aliphatic rings. The number of hydrogen-bond acceptors (Lipinski definition) is 3. The molecule has 0 aliphatic carbocycles. The van der Waals surface area contributed by atoms with E-state index in [9.17, 15) is 14.7 Å². The first-order valence-electron chi connectivity index (χ1n) is 7.07. The molecule has 3 amide bonds. The molecule has 1 fully saturated rings. The van der Waals surface area contributed by atoms with E-state index in [1.807, 2.05) is 13.0 Å². The molecule has 1 heterocycles. The Morgan fingerprint density at radius 1 is 1.38 bits per heavy atom. The molecule has 1 atom stereocenters. The average Bonchev–Trinajstić information content (AvgIpc) is 2.42. The van der Waals surface area contributed by atoms with Crippen molar-refractivity contribution in [2.24, 2.45) is 5.73 Å². The van der Waals surface area contributed by atoms with Crippen LogP contribution in [0.1, 0.15) is 31.4 Å². The van der Waals surface area contributed by atoms with E-state index in [4.69, 9.17) is 5.73 Å². The van der Waals surface area contributed by atoms with Crippen molar-refractivity contribution in [3.05, 3.63) is 35.9 Å². The molecule has 6 heteroatoms. The molecule has 1 aromatic carbocycles. The van der Waals surface area contributed by atoms with Crippen LogP contribution >= 0.6 is 0 Å². The lowest BCUT2D eigenvalue weighted by Gasteiger charge is -2.47. The fraction of sp³-hybridized carbons (Fsp3) is 0.467. The third-order valence-corrected chi connectivity index (χ3v) is 3.66. The molecule has 1 aromatic rings. The summed E-state index contributed by atoms with van der Waals surface area (Å²) in [5.74, 6) is -0.249. The largest absolute Gasteiger partial charge is 0.386 e. The zero-order valence-corrected chi connectivity index (χ0v) is 12.1. The van der Waals surface area contributed by atoms with Crippen molar-refractivity contribution in [3.8, 4) is 0 Å². The maximum atomic E-state index is 12.5. The maximum Gasteiger partial charge on any atom is 0.313 e. The summed E-state index contributed by atoms with van der Waals surface area (Å²) in [4.78, 5) is 25.2. The second-order valence-electron chi connectivity index (χ2n) is 5.52. The molecule has 0 bridgehead atoms. The van der Waals surface area contributed by atoms with Crippen molar-refractivity contribution in [2.75, 3.05) is 13.1 Å².